The molecule has 2 aromatic carbocycles. The largest absolute Gasteiger partial charge is 0.321 e. The summed E-state index contributed by atoms with van der Waals surface area (Å²) in [5.74, 6) is -0.363. The van der Waals surface area contributed by atoms with Gasteiger partial charge in [0.25, 0.3) is 15.9 Å². The van der Waals surface area contributed by atoms with E-state index in [0.717, 1.165) is 11.3 Å². The van der Waals surface area contributed by atoms with Crippen LogP contribution in [0.4, 0.5) is 11.4 Å². The van der Waals surface area contributed by atoms with Crippen LogP contribution in [-0.4, -0.2) is 14.3 Å². The van der Waals surface area contributed by atoms with Crippen molar-refractivity contribution in [2.45, 2.75) is 11.8 Å². The Kier molecular flexibility index (Phi) is 5.76. The van der Waals surface area contributed by atoms with Crippen LogP contribution < -0.4 is 10.0 Å². The number of hydrogen-bond acceptors (Lipinski definition) is 4. The van der Waals surface area contributed by atoms with Crippen molar-refractivity contribution in [3.63, 3.8) is 0 Å². The minimum atomic E-state index is -3.89. The fourth-order valence-electron chi connectivity index (χ4n) is 2.34. The first kappa shape index (κ1) is 19.7. The minimum Gasteiger partial charge on any atom is -0.321 e. The Morgan fingerprint density at radius 2 is 1.78 bits per heavy atom. The third-order valence-electron chi connectivity index (χ3n) is 3.65. The first-order valence-corrected chi connectivity index (χ1v) is 10.8. The molecule has 0 spiro atoms. The number of amides is 1. The molecule has 0 radical (unpaired) electrons. The molecule has 0 aliphatic rings. The van der Waals surface area contributed by atoms with E-state index in [-0.39, 0.29) is 21.5 Å². The molecule has 0 saturated carbocycles. The van der Waals surface area contributed by atoms with Gasteiger partial charge in [0.15, 0.2) is 0 Å². The Morgan fingerprint density at radius 1 is 1.04 bits per heavy atom. The minimum absolute atomic E-state index is 0.0458. The topological polar surface area (TPSA) is 75.3 Å². The van der Waals surface area contributed by atoms with Crippen LogP contribution in [0.25, 0.3) is 0 Å². The lowest BCUT2D eigenvalue weighted by atomic mass is 10.2. The molecule has 3 aromatic rings. The Labute approximate surface area is 171 Å². The van der Waals surface area contributed by atoms with Gasteiger partial charge in [0.1, 0.15) is 0 Å². The number of carbonyl (C=O) groups is 1. The molecule has 1 aromatic heterocycles. The Balaban J connectivity index is 1.88. The van der Waals surface area contributed by atoms with Gasteiger partial charge in [-0.05, 0) is 48.9 Å². The number of carbonyl (C=O) groups excluding carboxylic acids is 1. The van der Waals surface area contributed by atoms with E-state index < -0.39 is 10.0 Å². The highest BCUT2D eigenvalue weighted by Crippen LogP contribution is 2.27. The summed E-state index contributed by atoms with van der Waals surface area (Å²) in [6, 6.07) is 14.4. The molecule has 140 valence electrons. The zero-order valence-corrected chi connectivity index (χ0v) is 17.1. The number of hydrogen-bond donors (Lipinski definition) is 2. The monoisotopic (exact) mass is 440 g/mol. The molecule has 0 aliphatic heterocycles. The number of thiophene rings is 1. The van der Waals surface area contributed by atoms with Gasteiger partial charge in [0.05, 0.1) is 24.8 Å². The molecule has 5 nitrogen and oxygen atoms in total. The van der Waals surface area contributed by atoms with Crippen molar-refractivity contribution in [3.8, 4) is 0 Å². The van der Waals surface area contributed by atoms with E-state index in [1.165, 1.54) is 6.07 Å². The predicted octanol–water partition coefficient (Wildman–Crippen LogP) is 5.42. The third-order valence-corrected chi connectivity index (χ3v) is 6.72. The summed E-state index contributed by atoms with van der Waals surface area (Å²) < 4.78 is 28.5. The molecule has 2 N–H and O–H groups in total. The van der Waals surface area contributed by atoms with Crippen molar-refractivity contribution in [1.82, 2.24) is 0 Å². The smallest absolute Gasteiger partial charge is 0.265 e. The van der Waals surface area contributed by atoms with Gasteiger partial charge < -0.3 is 5.32 Å². The van der Waals surface area contributed by atoms with E-state index in [4.69, 9.17) is 23.2 Å². The van der Waals surface area contributed by atoms with Crippen molar-refractivity contribution in [3.05, 3.63) is 74.4 Å². The molecule has 3 rings (SSSR count). The number of sulfonamides is 1. The summed E-state index contributed by atoms with van der Waals surface area (Å²) in [5, 5.41) is 2.97. The maximum atomic E-state index is 12.8. The van der Waals surface area contributed by atoms with Gasteiger partial charge in [-0.3, -0.25) is 9.52 Å². The normalized spacial score (nSPS) is 11.2. The molecule has 9 heteroatoms. The molecule has 0 atom stereocenters. The molecular formula is C18H14Cl2N2O3S2. The van der Waals surface area contributed by atoms with Crippen molar-refractivity contribution in [2.24, 2.45) is 0 Å². The van der Waals surface area contributed by atoms with Gasteiger partial charge in [-0.25, -0.2) is 8.42 Å². The number of benzene rings is 2. The van der Waals surface area contributed by atoms with Gasteiger partial charge in [-0.2, -0.15) is 0 Å². The zero-order chi connectivity index (χ0) is 19.6. The summed E-state index contributed by atoms with van der Waals surface area (Å²) in [6.07, 6.45) is 0. The second kappa shape index (κ2) is 7.90. The van der Waals surface area contributed by atoms with Crippen molar-refractivity contribution in [1.29, 1.82) is 0 Å². The van der Waals surface area contributed by atoms with Crippen LogP contribution in [-0.2, 0) is 10.0 Å². The lowest BCUT2D eigenvalue weighted by Crippen LogP contribution is -2.16. The number of halogens is 2. The van der Waals surface area contributed by atoms with Gasteiger partial charge in [-0.1, -0.05) is 41.4 Å². The van der Waals surface area contributed by atoms with Crippen LogP contribution in [0.15, 0.2) is 59.5 Å². The maximum Gasteiger partial charge on any atom is 0.265 e. The average Bonchev–Trinajstić information content (AvgIpc) is 3.05. The second-order valence-electron chi connectivity index (χ2n) is 5.62. The summed E-state index contributed by atoms with van der Waals surface area (Å²) >= 11 is 13.0. The highest BCUT2D eigenvalue weighted by Gasteiger charge is 2.19. The summed E-state index contributed by atoms with van der Waals surface area (Å²) in [7, 11) is -3.89. The number of nitrogens with one attached hydrogen (secondary N) is 2. The quantitative estimate of drug-likeness (QED) is 0.556. The number of anilines is 2. The SMILES string of the molecule is Cc1ccc(NC(=O)c2ccc(Cl)s2)cc1S(=O)(=O)Nc1ccccc1Cl. The molecule has 0 fully saturated rings. The fourth-order valence-corrected chi connectivity index (χ4v) is 4.87. The van der Waals surface area contributed by atoms with E-state index >= 15 is 0 Å². The van der Waals surface area contributed by atoms with Crippen molar-refractivity contribution in [2.75, 3.05) is 10.0 Å². The number of rotatable bonds is 5. The first-order chi connectivity index (χ1) is 12.8. The molecular weight excluding hydrogens is 427 g/mol. The number of aryl methyl sites for hydroxylation is 1. The van der Waals surface area contributed by atoms with Crippen molar-refractivity contribution < 1.29 is 13.2 Å². The second-order valence-corrected chi connectivity index (χ2v) is 9.40. The molecule has 1 amide bonds. The summed E-state index contributed by atoms with van der Waals surface area (Å²) in [6.45, 7) is 1.67. The summed E-state index contributed by atoms with van der Waals surface area (Å²) in [4.78, 5) is 12.7. The van der Waals surface area contributed by atoms with Crippen LogP contribution in [0.3, 0.4) is 0 Å². The molecule has 0 aliphatic carbocycles. The molecule has 27 heavy (non-hydrogen) atoms. The predicted molar refractivity (Wildman–Crippen MR) is 111 cm³/mol. The standard InChI is InChI=1S/C18H14Cl2N2O3S2/c1-11-6-7-12(21-18(23)15-8-9-17(20)26-15)10-16(11)27(24,25)22-14-5-3-2-4-13(14)19/h2-10,22H,1H3,(H,21,23). The van der Waals surface area contributed by atoms with Crippen LogP contribution >= 0.6 is 34.5 Å². The van der Waals surface area contributed by atoms with Gasteiger partial charge in [0, 0.05) is 5.69 Å². The van der Waals surface area contributed by atoms with E-state index in [1.54, 1.807) is 55.5 Å². The molecule has 1 heterocycles. The molecule has 0 saturated heterocycles. The molecule has 0 bridgehead atoms. The van der Waals surface area contributed by atoms with Crippen molar-refractivity contribution >= 4 is 61.8 Å². The maximum absolute atomic E-state index is 12.8. The molecule has 0 unspecified atom stereocenters. The fraction of sp³-hybridized carbons (Fsp3) is 0.0556. The Morgan fingerprint density at radius 3 is 2.44 bits per heavy atom. The highest BCUT2D eigenvalue weighted by atomic mass is 35.5. The Bertz CT molecular complexity index is 1110. The van der Waals surface area contributed by atoms with Crippen LogP contribution in [0.5, 0.6) is 0 Å². The highest BCUT2D eigenvalue weighted by molar-refractivity contribution is 7.92. The van der Waals surface area contributed by atoms with E-state index in [9.17, 15) is 13.2 Å². The summed E-state index contributed by atoms with van der Waals surface area (Å²) in [5.41, 5.74) is 1.17. The van der Waals surface area contributed by atoms with E-state index in [0.29, 0.717) is 20.5 Å². The van der Waals surface area contributed by atoms with Gasteiger partial charge >= 0.3 is 0 Å². The van der Waals surface area contributed by atoms with Gasteiger partial charge in [-0.15, -0.1) is 11.3 Å². The number of para-hydroxylation sites is 1. The first-order valence-electron chi connectivity index (χ1n) is 7.71. The average molecular weight is 441 g/mol. The van der Waals surface area contributed by atoms with Gasteiger partial charge in [0.2, 0.25) is 0 Å². The van der Waals surface area contributed by atoms with Crippen LogP contribution in [0.2, 0.25) is 9.36 Å². The lowest BCUT2D eigenvalue weighted by molar-refractivity contribution is 0.103. The Hall–Kier alpha value is -2.06. The lowest BCUT2D eigenvalue weighted by Gasteiger charge is -2.13. The van der Waals surface area contributed by atoms with E-state index in [1.807, 2.05) is 0 Å². The van der Waals surface area contributed by atoms with Crippen LogP contribution in [0.1, 0.15) is 15.2 Å². The van der Waals surface area contributed by atoms with E-state index in [2.05, 4.69) is 10.0 Å². The zero-order valence-electron chi connectivity index (χ0n) is 14.0. The third kappa shape index (κ3) is 4.62. The van der Waals surface area contributed by atoms with Crippen LogP contribution in [0, 0.1) is 6.92 Å².